The van der Waals surface area contributed by atoms with E-state index in [1.807, 2.05) is 0 Å². The molecule has 5 heteroatoms. The molecule has 0 fully saturated rings. The Balaban J connectivity index is 3.92. The number of carbonyl (C=O) groups excluding carboxylic acids is 2. The standard InChI is InChI=1S/C8H16N2O3/c1-4-13-8(12)6(3)10-7(11)5(2)9/h5-6H,4,9H2,1-3H3,(H,10,11). The zero-order valence-corrected chi connectivity index (χ0v) is 8.16. The number of carbonyl (C=O) groups is 2. The third-order valence-corrected chi connectivity index (χ3v) is 1.41. The summed E-state index contributed by atoms with van der Waals surface area (Å²) in [6, 6.07) is -1.25. The van der Waals surface area contributed by atoms with Crippen LogP contribution in [-0.2, 0) is 14.3 Å². The molecule has 0 aliphatic carbocycles. The molecule has 0 aliphatic heterocycles. The van der Waals surface area contributed by atoms with Crippen molar-refractivity contribution >= 4 is 11.9 Å². The summed E-state index contributed by atoms with van der Waals surface area (Å²) in [4.78, 5) is 22.0. The van der Waals surface area contributed by atoms with Gasteiger partial charge in [-0.25, -0.2) is 4.79 Å². The van der Waals surface area contributed by atoms with Crippen molar-refractivity contribution in [2.24, 2.45) is 5.73 Å². The van der Waals surface area contributed by atoms with Crippen LogP contribution in [0.4, 0.5) is 0 Å². The minimum atomic E-state index is -0.640. The lowest BCUT2D eigenvalue weighted by molar-refractivity contribution is -0.146. The molecule has 0 rings (SSSR count). The number of nitrogens with two attached hydrogens (primary N) is 1. The average molecular weight is 188 g/mol. The van der Waals surface area contributed by atoms with E-state index in [0.29, 0.717) is 6.61 Å². The van der Waals surface area contributed by atoms with Crippen molar-refractivity contribution in [1.29, 1.82) is 0 Å². The number of nitrogens with one attached hydrogen (secondary N) is 1. The van der Waals surface area contributed by atoms with E-state index >= 15 is 0 Å². The van der Waals surface area contributed by atoms with Gasteiger partial charge < -0.3 is 15.8 Å². The maximum absolute atomic E-state index is 11.0. The smallest absolute Gasteiger partial charge is 0.328 e. The average Bonchev–Trinajstić information content (AvgIpc) is 2.04. The zero-order valence-electron chi connectivity index (χ0n) is 8.16. The largest absolute Gasteiger partial charge is 0.464 e. The summed E-state index contributed by atoms with van der Waals surface area (Å²) in [6.07, 6.45) is 0. The molecule has 1 amide bonds. The van der Waals surface area contributed by atoms with Gasteiger partial charge in [0.25, 0.3) is 0 Å². The first-order chi connectivity index (χ1) is 5.99. The Hall–Kier alpha value is -1.10. The number of hydrogen-bond acceptors (Lipinski definition) is 4. The van der Waals surface area contributed by atoms with E-state index in [-0.39, 0.29) is 5.91 Å². The second kappa shape index (κ2) is 5.53. The highest BCUT2D eigenvalue weighted by Gasteiger charge is 2.17. The van der Waals surface area contributed by atoms with Crippen molar-refractivity contribution in [2.75, 3.05) is 6.61 Å². The summed E-state index contributed by atoms with van der Waals surface area (Å²) < 4.78 is 4.69. The highest BCUT2D eigenvalue weighted by atomic mass is 16.5. The molecule has 76 valence electrons. The molecule has 13 heavy (non-hydrogen) atoms. The second-order valence-electron chi connectivity index (χ2n) is 2.77. The minimum absolute atomic E-state index is 0.303. The van der Waals surface area contributed by atoms with E-state index in [9.17, 15) is 9.59 Å². The van der Waals surface area contributed by atoms with Gasteiger partial charge >= 0.3 is 5.97 Å². The van der Waals surface area contributed by atoms with Gasteiger partial charge in [-0.05, 0) is 20.8 Å². The summed E-state index contributed by atoms with van der Waals surface area (Å²) in [5, 5.41) is 2.43. The fourth-order valence-electron chi connectivity index (χ4n) is 0.671. The molecule has 0 heterocycles. The monoisotopic (exact) mass is 188 g/mol. The Morgan fingerprint density at radius 1 is 1.46 bits per heavy atom. The van der Waals surface area contributed by atoms with E-state index in [1.165, 1.54) is 0 Å². The number of amides is 1. The molecule has 2 atom stereocenters. The Morgan fingerprint density at radius 2 is 2.00 bits per heavy atom. The lowest BCUT2D eigenvalue weighted by atomic mass is 10.3. The molecule has 0 aromatic carbocycles. The molecular weight excluding hydrogens is 172 g/mol. The van der Waals surface area contributed by atoms with Crippen LogP contribution in [0, 0.1) is 0 Å². The first kappa shape index (κ1) is 11.9. The van der Waals surface area contributed by atoms with Crippen LogP contribution >= 0.6 is 0 Å². The van der Waals surface area contributed by atoms with Crippen LogP contribution in [0.15, 0.2) is 0 Å². The summed E-state index contributed by atoms with van der Waals surface area (Å²) >= 11 is 0. The lowest BCUT2D eigenvalue weighted by Crippen LogP contribution is -2.46. The van der Waals surface area contributed by atoms with Crippen LogP contribution < -0.4 is 11.1 Å². The first-order valence-electron chi connectivity index (χ1n) is 4.21. The van der Waals surface area contributed by atoms with Crippen LogP contribution in [0.1, 0.15) is 20.8 Å². The molecule has 2 unspecified atom stereocenters. The van der Waals surface area contributed by atoms with Crippen molar-refractivity contribution < 1.29 is 14.3 Å². The molecule has 0 aliphatic rings. The molecule has 0 spiro atoms. The van der Waals surface area contributed by atoms with Crippen molar-refractivity contribution in [3.63, 3.8) is 0 Å². The third-order valence-electron chi connectivity index (χ3n) is 1.41. The van der Waals surface area contributed by atoms with E-state index < -0.39 is 18.1 Å². The van der Waals surface area contributed by atoms with Crippen LogP contribution in [0.25, 0.3) is 0 Å². The number of hydrogen-bond donors (Lipinski definition) is 2. The second-order valence-corrected chi connectivity index (χ2v) is 2.77. The third kappa shape index (κ3) is 4.47. The van der Waals surface area contributed by atoms with Crippen LogP contribution in [0.3, 0.4) is 0 Å². The quantitative estimate of drug-likeness (QED) is 0.577. The molecule has 0 saturated heterocycles. The fourth-order valence-corrected chi connectivity index (χ4v) is 0.671. The number of rotatable bonds is 4. The van der Waals surface area contributed by atoms with Crippen LogP contribution in [0.2, 0.25) is 0 Å². The summed E-state index contributed by atoms with van der Waals surface area (Å²) in [6.45, 7) is 5.11. The SMILES string of the molecule is CCOC(=O)C(C)NC(=O)C(C)N. The molecule has 3 N–H and O–H groups in total. The maximum atomic E-state index is 11.0. The Kier molecular flexibility index (Phi) is 5.06. The van der Waals surface area contributed by atoms with Crippen LogP contribution in [-0.4, -0.2) is 30.6 Å². The maximum Gasteiger partial charge on any atom is 0.328 e. The highest BCUT2D eigenvalue weighted by molar-refractivity contribution is 5.86. The van der Waals surface area contributed by atoms with Crippen molar-refractivity contribution in [1.82, 2.24) is 5.32 Å². The van der Waals surface area contributed by atoms with Crippen molar-refractivity contribution in [3.8, 4) is 0 Å². The predicted molar refractivity (Wildman–Crippen MR) is 47.9 cm³/mol. The first-order valence-corrected chi connectivity index (χ1v) is 4.21. The molecule has 0 saturated carbocycles. The molecule has 0 aromatic rings. The van der Waals surface area contributed by atoms with E-state index in [2.05, 4.69) is 10.1 Å². The van der Waals surface area contributed by atoms with Gasteiger partial charge in [-0.2, -0.15) is 0 Å². The summed E-state index contributed by atoms with van der Waals surface area (Å²) in [7, 11) is 0. The van der Waals surface area contributed by atoms with Gasteiger partial charge in [0.2, 0.25) is 5.91 Å². The van der Waals surface area contributed by atoms with Gasteiger partial charge in [-0.1, -0.05) is 0 Å². The van der Waals surface area contributed by atoms with Gasteiger partial charge in [0.15, 0.2) is 0 Å². The Bertz CT molecular complexity index is 192. The molecule has 0 bridgehead atoms. The molecule has 0 radical (unpaired) electrons. The Labute approximate surface area is 77.6 Å². The van der Waals surface area contributed by atoms with Crippen LogP contribution in [0.5, 0.6) is 0 Å². The molecule has 5 nitrogen and oxygen atoms in total. The summed E-state index contributed by atoms with van der Waals surface area (Å²) in [5.41, 5.74) is 5.29. The number of esters is 1. The molecular formula is C8H16N2O3. The molecule has 0 aromatic heterocycles. The van der Waals surface area contributed by atoms with Gasteiger partial charge in [-0.3, -0.25) is 4.79 Å². The fraction of sp³-hybridized carbons (Fsp3) is 0.750. The van der Waals surface area contributed by atoms with Gasteiger partial charge in [-0.15, -0.1) is 0 Å². The van der Waals surface area contributed by atoms with Gasteiger partial charge in [0, 0.05) is 0 Å². The normalized spacial score (nSPS) is 14.5. The van der Waals surface area contributed by atoms with Gasteiger partial charge in [0.05, 0.1) is 12.6 Å². The zero-order chi connectivity index (χ0) is 10.4. The van der Waals surface area contributed by atoms with Gasteiger partial charge in [0.1, 0.15) is 6.04 Å². The number of ether oxygens (including phenoxy) is 1. The van der Waals surface area contributed by atoms with Crippen molar-refractivity contribution in [2.45, 2.75) is 32.9 Å². The van der Waals surface area contributed by atoms with E-state index in [4.69, 9.17) is 5.73 Å². The minimum Gasteiger partial charge on any atom is -0.464 e. The van der Waals surface area contributed by atoms with E-state index in [0.717, 1.165) is 0 Å². The van der Waals surface area contributed by atoms with E-state index in [1.54, 1.807) is 20.8 Å². The van der Waals surface area contributed by atoms with Crippen molar-refractivity contribution in [3.05, 3.63) is 0 Å². The summed E-state index contributed by atoms with van der Waals surface area (Å²) in [5.74, 6) is -0.808. The lowest BCUT2D eigenvalue weighted by Gasteiger charge is -2.13. The highest BCUT2D eigenvalue weighted by Crippen LogP contribution is 1.88. The topological polar surface area (TPSA) is 81.4 Å². The Morgan fingerprint density at radius 3 is 2.38 bits per heavy atom. The predicted octanol–water partition coefficient (Wildman–Crippen LogP) is -0.599.